The van der Waals surface area contributed by atoms with E-state index in [9.17, 15) is 0 Å². The van der Waals surface area contributed by atoms with Crippen LogP contribution in [-0.2, 0) is 6.54 Å². The Morgan fingerprint density at radius 2 is 1.85 bits per heavy atom. The lowest BCUT2D eigenvalue weighted by Crippen LogP contribution is -2.50. The summed E-state index contributed by atoms with van der Waals surface area (Å²) < 4.78 is 0. The molecule has 0 atom stereocenters. The fourth-order valence-electron chi connectivity index (χ4n) is 3.57. The molecule has 0 amide bonds. The van der Waals surface area contributed by atoms with Gasteiger partial charge in [0.25, 0.3) is 0 Å². The first-order valence-electron chi connectivity index (χ1n) is 7.93. The molecule has 1 saturated carbocycles. The second kappa shape index (κ2) is 6.10. The first kappa shape index (κ1) is 13.8. The van der Waals surface area contributed by atoms with Crippen LogP contribution in [0.1, 0.15) is 36.9 Å². The summed E-state index contributed by atoms with van der Waals surface area (Å²) in [7, 11) is 0. The average Bonchev–Trinajstić information content (AvgIpc) is 3.02. The first-order chi connectivity index (χ1) is 9.78. The van der Waals surface area contributed by atoms with Gasteiger partial charge in [-0.1, -0.05) is 18.9 Å². The Hall–Kier alpha value is -1.13. The quantitative estimate of drug-likeness (QED) is 0.914. The number of nitrogens with two attached hydrogens (primary N) is 1. The van der Waals surface area contributed by atoms with Gasteiger partial charge in [-0.3, -0.25) is 4.90 Å². The summed E-state index contributed by atoms with van der Waals surface area (Å²) in [5.74, 6) is 1.11. The summed E-state index contributed by atoms with van der Waals surface area (Å²) in [4.78, 5) is 9.82. The number of aryl methyl sites for hydroxylation is 1. The lowest BCUT2D eigenvalue weighted by atomic mass is 10.1. The van der Waals surface area contributed by atoms with E-state index in [1.807, 2.05) is 0 Å². The van der Waals surface area contributed by atoms with Gasteiger partial charge < -0.3 is 10.6 Å². The first-order valence-corrected chi connectivity index (χ1v) is 7.93. The average molecular weight is 274 g/mol. The Labute approximate surface area is 122 Å². The third-order valence-electron chi connectivity index (χ3n) is 4.77. The van der Waals surface area contributed by atoms with E-state index < -0.39 is 0 Å². The van der Waals surface area contributed by atoms with Crippen LogP contribution in [0, 0.1) is 6.92 Å². The van der Waals surface area contributed by atoms with Crippen molar-refractivity contribution in [1.82, 2.24) is 9.88 Å². The minimum absolute atomic E-state index is 0.575. The zero-order valence-electron chi connectivity index (χ0n) is 12.5. The summed E-state index contributed by atoms with van der Waals surface area (Å²) in [6, 6.07) is 5.03. The predicted molar refractivity (Wildman–Crippen MR) is 82.9 cm³/mol. The molecule has 0 spiro atoms. The second-order valence-corrected chi connectivity index (χ2v) is 6.10. The van der Waals surface area contributed by atoms with E-state index in [2.05, 4.69) is 28.9 Å². The number of hydrogen-bond acceptors (Lipinski definition) is 4. The van der Waals surface area contributed by atoms with Gasteiger partial charge in [0.1, 0.15) is 5.82 Å². The highest BCUT2D eigenvalue weighted by Crippen LogP contribution is 2.26. The molecule has 0 radical (unpaired) electrons. The lowest BCUT2D eigenvalue weighted by molar-refractivity contribution is 0.187. The fourth-order valence-corrected chi connectivity index (χ4v) is 3.57. The van der Waals surface area contributed by atoms with Crippen molar-refractivity contribution < 1.29 is 0 Å². The Morgan fingerprint density at radius 3 is 2.50 bits per heavy atom. The molecule has 1 aliphatic carbocycles. The molecule has 20 heavy (non-hydrogen) atoms. The van der Waals surface area contributed by atoms with E-state index in [0.717, 1.165) is 30.6 Å². The molecular formula is C16H26N4. The number of aromatic nitrogens is 1. The summed E-state index contributed by atoms with van der Waals surface area (Å²) in [6.45, 7) is 7.14. The molecule has 2 heterocycles. The summed E-state index contributed by atoms with van der Waals surface area (Å²) >= 11 is 0. The van der Waals surface area contributed by atoms with Gasteiger partial charge in [0.2, 0.25) is 0 Å². The maximum Gasteiger partial charge on any atom is 0.133 e. The number of anilines is 1. The van der Waals surface area contributed by atoms with Crippen molar-refractivity contribution in [2.45, 2.75) is 45.2 Å². The minimum atomic E-state index is 0.575. The van der Waals surface area contributed by atoms with E-state index in [0.29, 0.717) is 6.54 Å². The number of rotatable bonds is 3. The lowest BCUT2D eigenvalue weighted by Gasteiger charge is -2.39. The van der Waals surface area contributed by atoms with E-state index in [-0.39, 0.29) is 0 Å². The second-order valence-electron chi connectivity index (χ2n) is 6.10. The molecule has 3 rings (SSSR count). The largest absolute Gasteiger partial charge is 0.354 e. The van der Waals surface area contributed by atoms with E-state index in [4.69, 9.17) is 10.7 Å². The molecule has 2 aliphatic rings. The molecule has 110 valence electrons. The number of pyridine rings is 1. The molecule has 4 heteroatoms. The Balaban J connectivity index is 1.67. The van der Waals surface area contributed by atoms with Crippen LogP contribution in [0.4, 0.5) is 5.82 Å². The zero-order valence-corrected chi connectivity index (χ0v) is 12.5. The van der Waals surface area contributed by atoms with Crippen LogP contribution in [0.25, 0.3) is 0 Å². The Kier molecular flexibility index (Phi) is 4.22. The molecule has 4 nitrogen and oxygen atoms in total. The van der Waals surface area contributed by atoms with Crippen LogP contribution in [0.3, 0.4) is 0 Å². The van der Waals surface area contributed by atoms with Crippen LogP contribution < -0.4 is 10.6 Å². The van der Waals surface area contributed by atoms with Gasteiger partial charge in [0.15, 0.2) is 0 Å². The third-order valence-corrected chi connectivity index (χ3v) is 4.77. The molecule has 0 aromatic carbocycles. The Bertz CT molecular complexity index is 446. The normalized spacial score (nSPS) is 21.6. The molecular weight excluding hydrogens is 248 g/mol. The highest BCUT2D eigenvalue weighted by Gasteiger charge is 2.27. The van der Waals surface area contributed by atoms with Crippen molar-refractivity contribution in [3.8, 4) is 0 Å². The van der Waals surface area contributed by atoms with Crippen LogP contribution in [0.5, 0.6) is 0 Å². The number of piperazine rings is 1. The Morgan fingerprint density at radius 1 is 1.15 bits per heavy atom. The van der Waals surface area contributed by atoms with Crippen molar-refractivity contribution in [1.29, 1.82) is 0 Å². The monoisotopic (exact) mass is 274 g/mol. The SMILES string of the molecule is Cc1ccc(CN)c(N2CCN(C3CCCC3)CC2)n1. The van der Waals surface area contributed by atoms with E-state index >= 15 is 0 Å². The predicted octanol–water partition coefficient (Wildman–Crippen LogP) is 1.91. The topological polar surface area (TPSA) is 45.4 Å². The minimum Gasteiger partial charge on any atom is -0.354 e. The number of nitrogens with zero attached hydrogens (tertiary/aromatic N) is 3. The van der Waals surface area contributed by atoms with Gasteiger partial charge in [-0.15, -0.1) is 0 Å². The highest BCUT2D eigenvalue weighted by atomic mass is 15.3. The van der Waals surface area contributed by atoms with E-state index in [1.54, 1.807) is 0 Å². The molecule has 1 aliphatic heterocycles. The molecule has 0 unspecified atom stereocenters. The van der Waals surface area contributed by atoms with Crippen molar-refractivity contribution >= 4 is 5.82 Å². The van der Waals surface area contributed by atoms with Crippen LogP contribution in [0.15, 0.2) is 12.1 Å². The highest BCUT2D eigenvalue weighted by molar-refractivity contribution is 5.48. The van der Waals surface area contributed by atoms with Crippen LogP contribution >= 0.6 is 0 Å². The van der Waals surface area contributed by atoms with Gasteiger partial charge in [-0.2, -0.15) is 0 Å². The molecule has 1 aromatic heterocycles. The third kappa shape index (κ3) is 2.81. The maximum atomic E-state index is 5.86. The summed E-state index contributed by atoms with van der Waals surface area (Å²) in [5.41, 5.74) is 8.11. The van der Waals surface area contributed by atoms with Gasteiger partial charge in [-0.05, 0) is 25.8 Å². The van der Waals surface area contributed by atoms with Crippen molar-refractivity contribution in [2.24, 2.45) is 5.73 Å². The smallest absolute Gasteiger partial charge is 0.133 e. The molecule has 0 bridgehead atoms. The molecule has 1 aromatic rings. The van der Waals surface area contributed by atoms with Gasteiger partial charge in [0, 0.05) is 50.0 Å². The van der Waals surface area contributed by atoms with E-state index in [1.165, 1.54) is 44.3 Å². The molecule has 1 saturated heterocycles. The van der Waals surface area contributed by atoms with Crippen molar-refractivity contribution in [2.75, 3.05) is 31.1 Å². The maximum absolute atomic E-state index is 5.86. The summed E-state index contributed by atoms with van der Waals surface area (Å²) in [6.07, 6.45) is 5.64. The van der Waals surface area contributed by atoms with Crippen molar-refractivity contribution in [3.63, 3.8) is 0 Å². The molecule has 2 N–H and O–H groups in total. The van der Waals surface area contributed by atoms with Gasteiger partial charge in [-0.25, -0.2) is 4.98 Å². The van der Waals surface area contributed by atoms with Gasteiger partial charge >= 0.3 is 0 Å². The fraction of sp³-hybridized carbons (Fsp3) is 0.688. The standard InChI is InChI=1S/C16H26N4/c1-13-6-7-14(12-17)16(18-13)20-10-8-19(9-11-20)15-4-2-3-5-15/h6-7,15H,2-5,8-12,17H2,1H3. The molecule has 2 fully saturated rings. The number of hydrogen-bond donors (Lipinski definition) is 1. The van der Waals surface area contributed by atoms with Gasteiger partial charge in [0.05, 0.1) is 0 Å². The van der Waals surface area contributed by atoms with Crippen LogP contribution in [0.2, 0.25) is 0 Å². The summed E-state index contributed by atoms with van der Waals surface area (Å²) in [5, 5.41) is 0. The zero-order chi connectivity index (χ0) is 13.9. The van der Waals surface area contributed by atoms with Crippen LogP contribution in [-0.4, -0.2) is 42.1 Å². The van der Waals surface area contributed by atoms with Crippen molar-refractivity contribution in [3.05, 3.63) is 23.4 Å².